The third kappa shape index (κ3) is 1.79. The van der Waals surface area contributed by atoms with Gasteiger partial charge in [0.25, 0.3) is 0 Å². The van der Waals surface area contributed by atoms with Crippen molar-refractivity contribution in [1.29, 1.82) is 0 Å². The fourth-order valence-electron chi connectivity index (χ4n) is 3.96. The molecule has 21 heavy (non-hydrogen) atoms. The van der Waals surface area contributed by atoms with Crippen LogP contribution in [0, 0.1) is 10.8 Å². The van der Waals surface area contributed by atoms with Crippen LogP contribution >= 0.6 is 35.3 Å². The Kier molecular flexibility index (Phi) is 3.55. The van der Waals surface area contributed by atoms with Crippen LogP contribution in [0.3, 0.4) is 0 Å². The summed E-state index contributed by atoms with van der Waals surface area (Å²) < 4.78 is 0.0388. The van der Waals surface area contributed by atoms with Gasteiger partial charge in [0.2, 0.25) is 0 Å². The van der Waals surface area contributed by atoms with Gasteiger partial charge in [-0.15, -0.1) is 35.3 Å². The van der Waals surface area contributed by atoms with E-state index in [1.165, 1.54) is 5.56 Å². The van der Waals surface area contributed by atoms with Crippen LogP contribution in [0.2, 0.25) is 0 Å². The van der Waals surface area contributed by atoms with Gasteiger partial charge in [-0.05, 0) is 11.8 Å². The molecule has 3 rings (SSSR count). The smallest absolute Gasteiger partial charge is 0.148 e. The molecule has 1 saturated carbocycles. The average Bonchev–Trinajstić information content (AvgIpc) is 2.91. The van der Waals surface area contributed by atoms with Gasteiger partial charge in [0, 0.05) is 16.6 Å². The molecule has 1 aromatic carbocycles. The van der Waals surface area contributed by atoms with E-state index in [1.54, 1.807) is 0 Å². The van der Waals surface area contributed by atoms with Gasteiger partial charge in [0.05, 0.1) is 8.16 Å². The molecule has 1 saturated heterocycles. The Labute approximate surface area is 140 Å². The summed E-state index contributed by atoms with van der Waals surface area (Å²) in [5.74, 6) is 1.46. The van der Waals surface area contributed by atoms with Crippen molar-refractivity contribution in [2.24, 2.45) is 10.8 Å². The van der Waals surface area contributed by atoms with E-state index in [2.05, 4.69) is 64.3 Å². The lowest BCUT2D eigenvalue weighted by molar-refractivity contribution is -0.152. The van der Waals surface area contributed by atoms with Crippen LogP contribution < -0.4 is 0 Å². The van der Waals surface area contributed by atoms with Crippen LogP contribution in [0.25, 0.3) is 0 Å². The second-order valence-corrected chi connectivity index (χ2v) is 11.2. The minimum Gasteiger partial charge on any atom is -0.298 e. The predicted octanol–water partition coefficient (Wildman–Crippen LogP) is 5.01. The Morgan fingerprint density at radius 2 is 1.62 bits per heavy atom. The van der Waals surface area contributed by atoms with Gasteiger partial charge < -0.3 is 0 Å². The van der Waals surface area contributed by atoms with Gasteiger partial charge >= 0.3 is 0 Å². The molecule has 2 aliphatic rings. The summed E-state index contributed by atoms with van der Waals surface area (Å²) in [7, 11) is 0. The summed E-state index contributed by atoms with van der Waals surface area (Å²) in [6, 6.07) is 10.8. The summed E-state index contributed by atoms with van der Waals surface area (Å²) in [6.07, 6.45) is 2.19. The lowest BCUT2D eigenvalue weighted by Gasteiger charge is -2.63. The molecule has 4 heteroatoms. The second-order valence-electron chi connectivity index (χ2n) is 6.91. The van der Waals surface area contributed by atoms with Crippen LogP contribution in [0.5, 0.6) is 0 Å². The first-order chi connectivity index (χ1) is 9.73. The zero-order valence-corrected chi connectivity index (χ0v) is 15.7. The fraction of sp³-hybridized carbons (Fsp3) is 0.588. The first kappa shape index (κ1) is 15.8. The highest BCUT2D eigenvalue weighted by atomic mass is 32.2. The van der Waals surface area contributed by atoms with Crippen molar-refractivity contribution in [2.75, 3.05) is 12.0 Å². The van der Waals surface area contributed by atoms with Gasteiger partial charge in [0.1, 0.15) is 5.78 Å². The molecule has 0 amide bonds. The topological polar surface area (TPSA) is 17.1 Å². The zero-order valence-electron chi connectivity index (χ0n) is 13.2. The van der Waals surface area contributed by atoms with Crippen LogP contribution in [0.15, 0.2) is 30.3 Å². The number of thioether (sulfide) groups is 3. The molecule has 1 aliphatic carbocycles. The van der Waals surface area contributed by atoms with Crippen LogP contribution in [0.1, 0.15) is 33.3 Å². The monoisotopic (exact) mass is 338 g/mol. The SMILES string of the molecule is CSC1(c2ccccc2)CSC2(S1)C(C)(C)C(=O)C2(C)C. The normalized spacial score (nSPS) is 32.1. The minimum absolute atomic E-state index is 0.0179. The number of carbonyl (C=O) groups is 1. The number of benzene rings is 1. The van der Waals surface area contributed by atoms with Crippen molar-refractivity contribution in [2.45, 2.75) is 35.9 Å². The maximum absolute atomic E-state index is 12.6. The highest BCUT2D eigenvalue weighted by Gasteiger charge is 2.77. The third-order valence-electron chi connectivity index (χ3n) is 5.10. The number of Topliss-reactive ketones (excluding diaryl/α,β-unsaturated/α-hetero) is 1. The van der Waals surface area contributed by atoms with Crippen molar-refractivity contribution in [1.82, 2.24) is 0 Å². The lowest BCUT2D eigenvalue weighted by Crippen LogP contribution is -2.70. The largest absolute Gasteiger partial charge is 0.298 e. The first-order valence-corrected chi connectivity index (χ1v) is 10.3. The van der Waals surface area contributed by atoms with Crippen LogP contribution in [-0.2, 0) is 8.87 Å². The summed E-state index contributed by atoms with van der Waals surface area (Å²) in [6.45, 7) is 8.51. The van der Waals surface area contributed by atoms with Crippen LogP contribution in [0.4, 0.5) is 0 Å². The van der Waals surface area contributed by atoms with E-state index in [4.69, 9.17) is 0 Å². The van der Waals surface area contributed by atoms with E-state index in [1.807, 2.05) is 35.3 Å². The molecule has 1 heterocycles. The van der Waals surface area contributed by atoms with Gasteiger partial charge in [0.15, 0.2) is 0 Å². The predicted molar refractivity (Wildman–Crippen MR) is 97.0 cm³/mol. The van der Waals surface area contributed by atoms with Crippen LogP contribution in [-0.4, -0.2) is 21.9 Å². The lowest BCUT2D eigenvalue weighted by atomic mass is 9.53. The number of carbonyl (C=O) groups excluding carboxylic acids is 1. The maximum atomic E-state index is 12.6. The fourth-order valence-corrected chi connectivity index (χ4v) is 9.97. The second kappa shape index (κ2) is 4.72. The van der Waals surface area contributed by atoms with E-state index in [-0.39, 0.29) is 19.0 Å². The molecule has 0 bridgehead atoms. The van der Waals surface area contributed by atoms with Gasteiger partial charge in [-0.2, -0.15) is 0 Å². The molecule has 0 aromatic heterocycles. The number of rotatable bonds is 2. The Morgan fingerprint density at radius 3 is 2.14 bits per heavy atom. The van der Waals surface area contributed by atoms with Crippen molar-refractivity contribution < 1.29 is 4.79 Å². The molecule has 1 atom stereocenters. The average molecular weight is 339 g/mol. The Balaban J connectivity index is 2.03. The van der Waals surface area contributed by atoms with E-state index in [9.17, 15) is 4.79 Å². The molecule has 0 N–H and O–H groups in total. The van der Waals surface area contributed by atoms with Gasteiger partial charge in [-0.3, -0.25) is 4.79 Å². The molecule has 1 nitrogen and oxygen atoms in total. The van der Waals surface area contributed by atoms with E-state index in [0.29, 0.717) is 5.78 Å². The summed E-state index contributed by atoms with van der Waals surface area (Å²) >= 11 is 5.94. The molecular formula is C17H22OS3. The van der Waals surface area contributed by atoms with E-state index < -0.39 is 0 Å². The van der Waals surface area contributed by atoms with Crippen molar-refractivity contribution in [3.05, 3.63) is 35.9 Å². The van der Waals surface area contributed by atoms with Gasteiger partial charge in [-0.25, -0.2) is 0 Å². The highest BCUT2D eigenvalue weighted by Crippen LogP contribution is 2.79. The first-order valence-electron chi connectivity index (χ1n) is 7.23. The maximum Gasteiger partial charge on any atom is 0.148 e. The quantitative estimate of drug-likeness (QED) is 0.753. The zero-order chi connectivity index (χ0) is 15.5. The summed E-state index contributed by atoms with van der Waals surface area (Å²) in [5.41, 5.74) is 0.869. The number of hydrogen-bond acceptors (Lipinski definition) is 4. The van der Waals surface area contributed by atoms with Crippen molar-refractivity contribution >= 4 is 41.1 Å². The molecule has 2 fully saturated rings. The Bertz CT molecular complexity index is 561. The van der Waals surface area contributed by atoms with Crippen molar-refractivity contribution in [3.8, 4) is 0 Å². The minimum atomic E-state index is -0.252. The molecular weight excluding hydrogens is 316 g/mol. The Morgan fingerprint density at radius 1 is 1.05 bits per heavy atom. The standard InChI is InChI=1S/C17H22OS3/c1-14(2)13(18)15(3,4)17(14)20-11-16(19-5,21-17)12-9-7-6-8-10-12/h6-10H,11H2,1-5H3. The third-order valence-corrected chi connectivity index (χ3v) is 11.9. The number of hydrogen-bond donors (Lipinski definition) is 0. The molecule has 0 radical (unpaired) electrons. The molecule has 1 unspecified atom stereocenters. The van der Waals surface area contributed by atoms with E-state index >= 15 is 0 Å². The Hall–Kier alpha value is -0.0600. The summed E-state index contributed by atoms with van der Waals surface area (Å²) in [5, 5.41) is 0. The molecule has 1 aromatic rings. The molecule has 1 spiro atoms. The van der Waals surface area contributed by atoms with Gasteiger partial charge in [-0.1, -0.05) is 58.0 Å². The number of ketones is 1. The molecule has 114 valence electrons. The van der Waals surface area contributed by atoms with Crippen molar-refractivity contribution in [3.63, 3.8) is 0 Å². The highest BCUT2D eigenvalue weighted by molar-refractivity contribution is 8.29. The molecule has 1 aliphatic heterocycles. The van der Waals surface area contributed by atoms with E-state index in [0.717, 1.165) is 5.75 Å². The summed E-state index contributed by atoms with van der Waals surface area (Å²) in [4.78, 5) is 12.6.